The number of hydrogen-bond acceptors (Lipinski definition) is 4. The summed E-state index contributed by atoms with van der Waals surface area (Å²) in [5.41, 5.74) is 1.17. The van der Waals surface area contributed by atoms with Gasteiger partial charge in [0.25, 0.3) is 0 Å². The summed E-state index contributed by atoms with van der Waals surface area (Å²) in [6.45, 7) is 11.8. The summed E-state index contributed by atoms with van der Waals surface area (Å²) >= 11 is 3.32. The van der Waals surface area contributed by atoms with E-state index in [2.05, 4.69) is 16.8 Å². The molecule has 0 atom stereocenters. The Labute approximate surface area is 88.5 Å². The standard InChI is InChI=1S/C7H10N2S2.C2H6/c1-5(2)4-10-7-9-8-6(3)11-7;1-2/h1,4H2,2-3H3;1-2H3. The van der Waals surface area contributed by atoms with Gasteiger partial charge in [0.05, 0.1) is 0 Å². The van der Waals surface area contributed by atoms with Crippen molar-refractivity contribution in [1.82, 2.24) is 10.2 Å². The number of nitrogens with zero attached hydrogens (tertiary/aromatic N) is 2. The molecular formula is C9H16N2S2. The lowest BCUT2D eigenvalue weighted by Gasteiger charge is -1.92. The number of aromatic nitrogens is 2. The van der Waals surface area contributed by atoms with Crippen LogP contribution >= 0.6 is 23.1 Å². The molecule has 13 heavy (non-hydrogen) atoms. The fourth-order valence-electron chi connectivity index (χ4n) is 0.522. The van der Waals surface area contributed by atoms with Crippen LogP contribution in [0.5, 0.6) is 0 Å². The van der Waals surface area contributed by atoms with E-state index in [-0.39, 0.29) is 0 Å². The minimum atomic E-state index is 0.939. The largest absolute Gasteiger partial charge is 0.174 e. The first-order valence-corrected chi connectivity index (χ1v) is 6.06. The summed E-state index contributed by atoms with van der Waals surface area (Å²) in [6, 6.07) is 0. The van der Waals surface area contributed by atoms with Gasteiger partial charge in [0.2, 0.25) is 0 Å². The third-order valence-corrected chi connectivity index (χ3v) is 3.15. The summed E-state index contributed by atoms with van der Waals surface area (Å²) in [7, 11) is 0. The van der Waals surface area contributed by atoms with Crippen molar-refractivity contribution in [3.05, 3.63) is 17.2 Å². The zero-order valence-corrected chi connectivity index (χ0v) is 10.3. The Hall–Kier alpha value is -0.350. The minimum absolute atomic E-state index is 0.939. The molecule has 0 saturated heterocycles. The predicted molar refractivity (Wildman–Crippen MR) is 61.5 cm³/mol. The van der Waals surface area contributed by atoms with Gasteiger partial charge in [-0.15, -0.1) is 10.2 Å². The first-order valence-electron chi connectivity index (χ1n) is 4.26. The average Bonchev–Trinajstić information content (AvgIpc) is 2.52. The molecule has 1 aromatic heterocycles. The van der Waals surface area contributed by atoms with Crippen LogP contribution in [0.25, 0.3) is 0 Å². The van der Waals surface area contributed by atoms with Crippen LogP contribution in [-0.2, 0) is 0 Å². The van der Waals surface area contributed by atoms with Crippen molar-refractivity contribution < 1.29 is 0 Å². The molecule has 0 aliphatic heterocycles. The van der Waals surface area contributed by atoms with Crippen molar-refractivity contribution in [3.8, 4) is 0 Å². The second-order valence-electron chi connectivity index (χ2n) is 2.33. The Kier molecular flexibility index (Phi) is 6.90. The summed E-state index contributed by atoms with van der Waals surface area (Å²) in [4.78, 5) is 0. The number of aryl methyl sites for hydroxylation is 1. The minimum Gasteiger partial charge on any atom is -0.143 e. The van der Waals surface area contributed by atoms with Crippen LogP contribution in [0.1, 0.15) is 25.8 Å². The maximum absolute atomic E-state index is 3.98. The molecule has 0 aliphatic rings. The highest BCUT2D eigenvalue weighted by Crippen LogP contribution is 2.22. The summed E-state index contributed by atoms with van der Waals surface area (Å²) < 4.78 is 1.03. The first kappa shape index (κ1) is 12.7. The quantitative estimate of drug-likeness (QED) is 0.571. The van der Waals surface area contributed by atoms with Crippen LogP contribution in [0.15, 0.2) is 16.5 Å². The zero-order valence-electron chi connectivity index (χ0n) is 8.63. The van der Waals surface area contributed by atoms with Crippen molar-refractivity contribution in [1.29, 1.82) is 0 Å². The molecule has 0 aromatic carbocycles. The van der Waals surface area contributed by atoms with Crippen LogP contribution in [0, 0.1) is 6.92 Å². The molecule has 74 valence electrons. The first-order chi connectivity index (χ1) is 6.18. The van der Waals surface area contributed by atoms with Crippen LogP contribution in [0.2, 0.25) is 0 Å². The molecule has 0 fully saturated rings. The van der Waals surface area contributed by atoms with E-state index in [4.69, 9.17) is 0 Å². The SMILES string of the molecule is C=C(C)CSc1nnc(C)s1.CC. The smallest absolute Gasteiger partial charge is 0.143 e. The Bertz CT molecular complexity index is 256. The van der Waals surface area contributed by atoms with Crippen LogP contribution in [0.3, 0.4) is 0 Å². The third-order valence-electron chi connectivity index (χ3n) is 0.950. The van der Waals surface area contributed by atoms with Crippen molar-refractivity contribution >= 4 is 23.1 Å². The maximum atomic E-state index is 3.98. The summed E-state index contributed by atoms with van der Waals surface area (Å²) in [5.74, 6) is 0.939. The van der Waals surface area contributed by atoms with Gasteiger partial charge in [0.15, 0.2) is 4.34 Å². The van der Waals surface area contributed by atoms with Crippen LogP contribution in [-0.4, -0.2) is 16.0 Å². The molecule has 0 N–H and O–H groups in total. The van der Waals surface area contributed by atoms with Crippen molar-refractivity contribution in [2.24, 2.45) is 0 Å². The highest BCUT2D eigenvalue weighted by atomic mass is 32.2. The second kappa shape index (κ2) is 7.09. The molecule has 0 amide bonds. The topological polar surface area (TPSA) is 25.8 Å². The van der Waals surface area contributed by atoms with Gasteiger partial charge in [-0.05, 0) is 13.8 Å². The van der Waals surface area contributed by atoms with E-state index in [1.807, 2.05) is 27.7 Å². The molecule has 0 spiro atoms. The molecule has 2 nitrogen and oxygen atoms in total. The van der Waals surface area contributed by atoms with Gasteiger partial charge < -0.3 is 0 Å². The second-order valence-corrected chi connectivity index (χ2v) is 4.74. The number of rotatable bonds is 3. The summed E-state index contributed by atoms with van der Waals surface area (Å²) in [5, 5.41) is 8.91. The normalized spacial score (nSPS) is 8.92. The Balaban J connectivity index is 0.000000671. The molecular weight excluding hydrogens is 200 g/mol. The van der Waals surface area contributed by atoms with E-state index < -0.39 is 0 Å². The molecule has 0 unspecified atom stereocenters. The van der Waals surface area contributed by atoms with E-state index in [1.54, 1.807) is 23.1 Å². The maximum Gasteiger partial charge on any atom is 0.174 e. The predicted octanol–water partition coefficient (Wildman–Crippen LogP) is 3.54. The Morgan fingerprint density at radius 3 is 2.46 bits per heavy atom. The lowest BCUT2D eigenvalue weighted by molar-refractivity contribution is 0.984. The third kappa shape index (κ3) is 5.82. The molecule has 0 saturated carbocycles. The molecule has 1 rings (SSSR count). The van der Waals surface area contributed by atoms with Gasteiger partial charge in [0.1, 0.15) is 5.01 Å². The van der Waals surface area contributed by atoms with Gasteiger partial charge in [-0.3, -0.25) is 0 Å². The monoisotopic (exact) mass is 216 g/mol. The zero-order chi connectivity index (χ0) is 10.3. The molecule has 0 aliphatic carbocycles. The van der Waals surface area contributed by atoms with Gasteiger partial charge in [-0.2, -0.15) is 0 Å². The fraction of sp³-hybridized carbons (Fsp3) is 0.556. The lowest BCUT2D eigenvalue weighted by Crippen LogP contribution is -1.78. The van der Waals surface area contributed by atoms with Crippen molar-refractivity contribution in [2.75, 3.05) is 5.75 Å². The highest BCUT2D eigenvalue weighted by Gasteiger charge is 1.99. The molecule has 0 bridgehead atoms. The molecule has 4 heteroatoms. The van der Waals surface area contributed by atoms with Crippen LogP contribution < -0.4 is 0 Å². The van der Waals surface area contributed by atoms with Crippen molar-refractivity contribution in [3.63, 3.8) is 0 Å². The number of hydrogen-bond donors (Lipinski definition) is 0. The van der Waals surface area contributed by atoms with Crippen LogP contribution in [0.4, 0.5) is 0 Å². The van der Waals surface area contributed by atoms with E-state index in [1.165, 1.54) is 5.57 Å². The van der Waals surface area contributed by atoms with Gasteiger partial charge in [-0.25, -0.2) is 0 Å². The molecule has 1 aromatic rings. The lowest BCUT2D eigenvalue weighted by atomic mass is 10.4. The van der Waals surface area contributed by atoms with Gasteiger partial charge in [0, 0.05) is 5.75 Å². The van der Waals surface area contributed by atoms with Gasteiger partial charge in [-0.1, -0.05) is 49.1 Å². The molecule has 0 radical (unpaired) electrons. The Morgan fingerprint density at radius 1 is 1.46 bits per heavy atom. The molecule has 1 heterocycles. The van der Waals surface area contributed by atoms with E-state index in [0.717, 1.165) is 15.1 Å². The van der Waals surface area contributed by atoms with E-state index in [0.29, 0.717) is 0 Å². The highest BCUT2D eigenvalue weighted by molar-refractivity contribution is 8.01. The summed E-state index contributed by atoms with van der Waals surface area (Å²) in [6.07, 6.45) is 0. The van der Waals surface area contributed by atoms with Gasteiger partial charge >= 0.3 is 0 Å². The van der Waals surface area contributed by atoms with E-state index in [9.17, 15) is 0 Å². The fourth-order valence-corrected chi connectivity index (χ4v) is 2.18. The Morgan fingerprint density at radius 2 is 2.08 bits per heavy atom. The van der Waals surface area contributed by atoms with Crippen molar-refractivity contribution in [2.45, 2.75) is 32.0 Å². The van der Waals surface area contributed by atoms with E-state index >= 15 is 0 Å². The average molecular weight is 216 g/mol. The number of thioether (sulfide) groups is 1.